The fourth-order valence-electron chi connectivity index (χ4n) is 3.98. The molecule has 2 heterocycles. The number of aromatic nitrogens is 1. The Bertz CT molecular complexity index is 1440. The maximum Gasteiger partial charge on any atom is 0.282 e. The third-order valence-electron chi connectivity index (χ3n) is 5.67. The van der Waals surface area contributed by atoms with Crippen LogP contribution in [0.4, 0.5) is 11.4 Å². The smallest absolute Gasteiger partial charge is 0.282 e. The number of anilines is 2. The van der Waals surface area contributed by atoms with Gasteiger partial charge in [0.05, 0.1) is 5.69 Å². The summed E-state index contributed by atoms with van der Waals surface area (Å²) in [6.07, 6.45) is 3.37. The number of fused-ring (bicyclic) bond motifs is 1. The maximum absolute atomic E-state index is 13.0. The van der Waals surface area contributed by atoms with E-state index in [0.717, 1.165) is 22.2 Å². The minimum Gasteiger partial charge on any atom is -0.337 e. The summed E-state index contributed by atoms with van der Waals surface area (Å²) in [5.41, 5.74) is 6.59. The lowest BCUT2D eigenvalue weighted by molar-refractivity contribution is -0.118. The van der Waals surface area contributed by atoms with Crippen LogP contribution in [0.2, 0.25) is 0 Å². The van der Waals surface area contributed by atoms with E-state index in [1.165, 1.54) is 5.01 Å². The summed E-state index contributed by atoms with van der Waals surface area (Å²) < 4.78 is 1.82. The van der Waals surface area contributed by atoms with Gasteiger partial charge >= 0.3 is 0 Å². The van der Waals surface area contributed by atoms with Gasteiger partial charge in [-0.1, -0.05) is 54.1 Å². The van der Waals surface area contributed by atoms with Crippen LogP contribution in [0.15, 0.2) is 90.6 Å². The molecule has 7 nitrogen and oxygen atoms in total. The van der Waals surface area contributed by atoms with Crippen LogP contribution in [0.1, 0.15) is 11.1 Å². The highest BCUT2D eigenvalue weighted by Crippen LogP contribution is 2.26. The van der Waals surface area contributed by atoms with Crippen LogP contribution < -0.4 is 15.8 Å². The molecule has 34 heavy (non-hydrogen) atoms. The predicted molar refractivity (Wildman–Crippen MR) is 132 cm³/mol. The SMILES string of the molecule is Cc1ccc(NC(=O)Cn2cc(/C=C3/C(=O)NN(c4ccccc4)C3=O)c3ccccc32)cc1. The van der Waals surface area contributed by atoms with Crippen LogP contribution in [0.25, 0.3) is 17.0 Å². The van der Waals surface area contributed by atoms with Crippen LogP contribution in [0.5, 0.6) is 0 Å². The Labute approximate surface area is 196 Å². The summed E-state index contributed by atoms with van der Waals surface area (Å²) in [5.74, 6) is -1.07. The summed E-state index contributed by atoms with van der Waals surface area (Å²) in [7, 11) is 0. The van der Waals surface area contributed by atoms with Crippen molar-refractivity contribution in [3.05, 3.63) is 102 Å². The average molecular weight is 450 g/mol. The number of carbonyl (C=O) groups excluding carboxylic acids is 3. The second kappa shape index (κ2) is 8.71. The Morgan fingerprint density at radius 2 is 1.65 bits per heavy atom. The lowest BCUT2D eigenvalue weighted by Crippen LogP contribution is -2.35. The number of amides is 3. The van der Waals surface area contributed by atoms with Gasteiger partial charge in [0.15, 0.2) is 0 Å². The molecular weight excluding hydrogens is 428 g/mol. The molecule has 1 aliphatic rings. The Hall–Kier alpha value is -4.65. The molecule has 3 amide bonds. The molecule has 3 aromatic carbocycles. The number of benzene rings is 3. The van der Waals surface area contributed by atoms with E-state index in [2.05, 4.69) is 10.7 Å². The van der Waals surface area contributed by atoms with Crippen molar-refractivity contribution in [3.63, 3.8) is 0 Å². The second-order valence-electron chi connectivity index (χ2n) is 8.12. The van der Waals surface area contributed by atoms with Crippen molar-refractivity contribution in [2.45, 2.75) is 13.5 Å². The van der Waals surface area contributed by atoms with Gasteiger partial charge in [0.1, 0.15) is 12.1 Å². The third kappa shape index (κ3) is 4.06. The zero-order valence-corrected chi connectivity index (χ0v) is 18.5. The molecule has 0 spiro atoms. The van der Waals surface area contributed by atoms with Crippen molar-refractivity contribution in [2.75, 3.05) is 10.3 Å². The number of nitrogens with one attached hydrogen (secondary N) is 2. The van der Waals surface area contributed by atoms with Gasteiger partial charge in [-0.05, 0) is 43.3 Å². The molecule has 4 aromatic rings. The molecule has 5 rings (SSSR count). The highest BCUT2D eigenvalue weighted by atomic mass is 16.2. The number of nitrogens with zero attached hydrogens (tertiary/aromatic N) is 2. The number of hydrazine groups is 1. The predicted octanol–water partition coefficient (Wildman–Crippen LogP) is 4.05. The fourth-order valence-corrected chi connectivity index (χ4v) is 3.98. The highest BCUT2D eigenvalue weighted by Gasteiger charge is 2.34. The molecule has 0 saturated carbocycles. The number of aryl methyl sites for hydroxylation is 1. The standard InChI is InChI=1S/C27H22N4O3/c1-18-11-13-20(14-12-18)28-25(32)17-30-16-19(22-9-5-6-10-24(22)30)15-23-26(33)29-31(27(23)34)21-7-3-2-4-8-21/h2-16H,17H2,1H3,(H,28,32)(H,29,33)/b23-15-. The normalized spacial score (nSPS) is 14.6. The Morgan fingerprint density at radius 1 is 0.941 bits per heavy atom. The van der Waals surface area contributed by atoms with E-state index in [1.54, 1.807) is 36.5 Å². The summed E-state index contributed by atoms with van der Waals surface area (Å²) in [5, 5.41) is 4.99. The van der Waals surface area contributed by atoms with E-state index in [0.29, 0.717) is 11.3 Å². The Kier molecular flexibility index (Phi) is 5.43. The molecule has 1 aliphatic heterocycles. The molecule has 0 radical (unpaired) electrons. The quantitative estimate of drug-likeness (QED) is 0.355. The molecule has 0 aliphatic carbocycles. The first-order chi connectivity index (χ1) is 16.5. The van der Waals surface area contributed by atoms with Gasteiger partial charge in [0.2, 0.25) is 5.91 Å². The summed E-state index contributed by atoms with van der Waals surface area (Å²) in [4.78, 5) is 38.3. The average Bonchev–Trinajstić information content (AvgIpc) is 3.33. The first-order valence-corrected chi connectivity index (χ1v) is 10.9. The lowest BCUT2D eigenvalue weighted by atomic mass is 10.1. The Balaban J connectivity index is 1.44. The maximum atomic E-state index is 13.0. The minimum absolute atomic E-state index is 0.0378. The summed E-state index contributed by atoms with van der Waals surface area (Å²) in [6.45, 7) is 2.08. The summed E-state index contributed by atoms with van der Waals surface area (Å²) >= 11 is 0. The first-order valence-electron chi connectivity index (χ1n) is 10.9. The van der Waals surface area contributed by atoms with E-state index in [1.807, 2.05) is 66.1 Å². The van der Waals surface area contributed by atoms with Gasteiger partial charge < -0.3 is 9.88 Å². The van der Waals surface area contributed by atoms with Gasteiger partial charge in [-0.25, -0.2) is 5.01 Å². The van der Waals surface area contributed by atoms with Crippen molar-refractivity contribution < 1.29 is 14.4 Å². The van der Waals surface area contributed by atoms with E-state index < -0.39 is 11.8 Å². The van der Waals surface area contributed by atoms with E-state index in [-0.39, 0.29) is 18.0 Å². The highest BCUT2D eigenvalue weighted by molar-refractivity contribution is 6.32. The van der Waals surface area contributed by atoms with Crippen LogP contribution in [0.3, 0.4) is 0 Å². The molecule has 1 saturated heterocycles. The van der Waals surface area contributed by atoms with E-state index in [9.17, 15) is 14.4 Å². The van der Waals surface area contributed by atoms with Gasteiger partial charge in [0.25, 0.3) is 11.8 Å². The minimum atomic E-state index is -0.470. The van der Waals surface area contributed by atoms with Crippen molar-refractivity contribution in [2.24, 2.45) is 0 Å². The van der Waals surface area contributed by atoms with Crippen molar-refractivity contribution >= 4 is 46.1 Å². The van der Waals surface area contributed by atoms with Crippen molar-refractivity contribution in [3.8, 4) is 0 Å². The number of hydrogen-bond donors (Lipinski definition) is 2. The van der Waals surface area contributed by atoms with Gasteiger partial charge in [0, 0.05) is 28.4 Å². The van der Waals surface area contributed by atoms with Gasteiger partial charge in [-0.15, -0.1) is 0 Å². The van der Waals surface area contributed by atoms with Crippen molar-refractivity contribution in [1.82, 2.24) is 9.99 Å². The van der Waals surface area contributed by atoms with Crippen LogP contribution in [0, 0.1) is 6.92 Å². The van der Waals surface area contributed by atoms with Crippen molar-refractivity contribution in [1.29, 1.82) is 0 Å². The zero-order chi connectivity index (χ0) is 23.7. The molecule has 0 atom stereocenters. The number of para-hydroxylation sites is 2. The van der Waals surface area contributed by atoms with Crippen LogP contribution in [-0.4, -0.2) is 22.3 Å². The van der Waals surface area contributed by atoms with Gasteiger partial charge in [-0.2, -0.15) is 0 Å². The largest absolute Gasteiger partial charge is 0.337 e. The topological polar surface area (TPSA) is 83.4 Å². The van der Waals surface area contributed by atoms with Crippen LogP contribution in [-0.2, 0) is 20.9 Å². The molecule has 7 heteroatoms. The fraction of sp³-hybridized carbons (Fsp3) is 0.0741. The molecule has 0 unspecified atom stereocenters. The molecule has 0 bridgehead atoms. The number of hydrogen-bond acceptors (Lipinski definition) is 3. The van der Waals surface area contributed by atoms with E-state index in [4.69, 9.17) is 0 Å². The van der Waals surface area contributed by atoms with E-state index >= 15 is 0 Å². The third-order valence-corrected chi connectivity index (χ3v) is 5.67. The second-order valence-corrected chi connectivity index (χ2v) is 8.12. The zero-order valence-electron chi connectivity index (χ0n) is 18.5. The molecule has 168 valence electrons. The number of carbonyl (C=O) groups is 3. The van der Waals surface area contributed by atoms with Gasteiger partial charge in [-0.3, -0.25) is 19.8 Å². The number of rotatable bonds is 5. The molecular formula is C27H22N4O3. The lowest BCUT2D eigenvalue weighted by Gasteiger charge is -2.13. The monoisotopic (exact) mass is 450 g/mol. The Morgan fingerprint density at radius 3 is 2.41 bits per heavy atom. The molecule has 2 N–H and O–H groups in total. The molecule has 1 fully saturated rings. The summed E-state index contributed by atoms with van der Waals surface area (Å²) in [6, 6.07) is 24.1. The van der Waals surface area contributed by atoms with Crippen LogP contribution >= 0.6 is 0 Å². The first kappa shape index (κ1) is 21.2. The molecule has 1 aromatic heterocycles.